The summed E-state index contributed by atoms with van der Waals surface area (Å²) in [4.78, 5) is 11.8. The first-order valence-corrected chi connectivity index (χ1v) is 11.5. The first kappa shape index (κ1) is 21.2. The van der Waals surface area contributed by atoms with Crippen molar-refractivity contribution >= 4 is 38.1 Å². The predicted molar refractivity (Wildman–Crippen MR) is 123 cm³/mol. The second-order valence-electron chi connectivity index (χ2n) is 8.28. The highest BCUT2D eigenvalue weighted by molar-refractivity contribution is 7.18. The van der Waals surface area contributed by atoms with Gasteiger partial charge in [-0.05, 0) is 35.2 Å². The summed E-state index contributed by atoms with van der Waals surface area (Å²) in [6, 6.07) is 16.7. The van der Waals surface area contributed by atoms with E-state index in [-0.39, 0.29) is 10.9 Å². The molecule has 0 radical (unpaired) electrons. The fourth-order valence-electron chi connectivity index (χ4n) is 4.41. The molecule has 0 saturated carbocycles. The lowest BCUT2D eigenvalue weighted by Gasteiger charge is -2.33. The molecular weight excluding hydrogens is 433 g/mol. The Kier molecular flexibility index (Phi) is 5.73. The lowest BCUT2D eigenvalue weighted by molar-refractivity contribution is -0.126. The van der Waals surface area contributed by atoms with Crippen molar-refractivity contribution in [2.75, 3.05) is 18.4 Å². The van der Waals surface area contributed by atoms with Gasteiger partial charge in [0.1, 0.15) is 17.0 Å². The summed E-state index contributed by atoms with van der Waals surface area (Å²) in [6.45, 7) is 2.83. The molecule has 0 amide bonds. The monoisotopic (exact) mass is 456 g/mol. The van der Waals surface area contributed by atoms with Gasteiger partial charge in [-0.1, -0.05) is 42.5 Å². The van der Waals surface area contributed by atoms with Gasteiger partial charge in [-0.15, -0.1) is 11.3 Å². The molecule has 3 heterocycles. The zero-order valence-corrected chi connectivity index (χ0v) is 18.2. The number of anilines is 1. The van der Waals surface area contributed by atoms with Crippen molar-refractivity contribution in [3.05, 3.63) is 65.3 Å². The summed E-state index contributed by atoms with van der Waals surface area (Å²) in [6.07, 6.45) is -1.82. The van der Waals surface area contributed by atoms with Crippen LogP contribution in [0.4, 0.5) is 19.0 Å². The van der Waals surface area contributed by atoms with Crippen molar-refractivity contribution < 1.29 is 13.2 Å². The number of fused-ring (bicyclic) bond motifs is 2. The molecule has 1 saturated heterocycles. The van der Waals surface area contributed by atoms with Crippen molar-refractivity contribution in [2.24, 2.45) is 0 Å². The van der Waals surface area contributed by atoms with E-state index in [4.69, 9.17) is 0 Å². The van der Waals surface area contributed by atoms with Gasteiger partial charge in [0.15, 0.2) is 0 Å². The number of benzene rings is 2. The van der Waals surface area contributed by atoms with Crippen LogP contribution in [0.15, 0.2) is 54.9 Å². The van der Waals surface area contributed by atoms with Crippen LogP contribution in [0.25, 0.3) is 21.0 Å². The smallest absolute Gasteiger partial charge is 0.367 e. The third-order valence-corrected chi connectivity index (χ3v) is 7.00. The van der Waals surface area contributed by atoms with Crippen molar-refractivity contribution in [3.63, 3.8) is 0 Å². The number of nitrogens with zero attached hydrogens (tertiary/aromatic N) is 3. The molecule has 32 heavy (non-hydrogen) atoms. The molecule has 1 fully saturated rings. The molecule has 1 N–H and O–H groups in total. The first-order chi connectivity index (χ1) is 15.4. The average Bonchev–Trinajstić information content (AvgIpc) is 3.17. The minimum absolute atomic E-state index is 0.239. The summed E-state index contributed by atoms with van der Waals surface area (Å²) in [5, 5.41) is 6.69. The van der Waals surface area contributed by atoms with Gasteiger partial charge in [0.2, 0.25) is 0 Å². The lowest BCUT2D eigenvalue weighted by atomic mass is 10.0. The van der Waals surface area contributed by atoms with Crippen LogP contribution < -0.4 is 5.32 Å². The van der Waals surface area contributed by atoms with Gasteiger partial charge in [0.25, 0.3) is 0 Å². The zero-order chi connectivity index (χ0) is 22.1. The van der Waals surface area contributed by atoms with E-state index in [9.17, 15) is 13.2 Å². The van der Waals surface area contributed by atoms with Gasteiger partial charge < -0.3 is 5.32 Å². The maximum Gasteiger partial charge on any atom is 0.393 e. The predicted octanol–water partition coefficient (Wildman–Crippen LogP) is 6.03. The molecule has 0 atom stereocenters. The van der Waals surface area contributed by atoms with Gasteiger partial charge in [-0.25, -0.2) is 9.97 Å². The molecular formula is C24H23F3N4S. The maximum atomic E-state index is 12.8. The highest BCUT2D eigenvalue weighted by Crippen LogP contribution is 2.33. The SMILES string of the molecule is FC(F)(F)Cc1cc2c(NC3CCN(Cc4cccc5ccccc45)CC3)ncnc2s1. The number of hydrogen-bond donors (Lipinski definition) is 1. The number of halogens is 3. The van der Waals surface area contributed by atoms with Crippen molar-refractivity contribution in [1.29, 1.82) is 0 Å². The molecule has 5 rings (SSSR count). The van der Waals surface area contributed by atoms with Crippen LogP contribution in [0.1, 0.15) is 23.3 Å². The summed E-state index contributed by atoms with van der Waals surface area (Å²) < 4.78 is 38.3. The third-order valence-electron chi connectivity index (χ3n) is 5.96. The topological polar surface area (TPSA) is 41.0 Å². The largest absolute Gasteiger partial charge is 0.393 e. The number of thiophene rings is 1. The van der Waals surface area contributed by atoms with Crippen LogP contribution in [-0.4, -0.2) is 40.2 Å². The molecule has 4 aromatic rings. The molecule has 8 heteroatoms. The molecule has 0 unspecified atom stereocenters. The number of alkyl halides is 3. The van der Waals surface area contributed by atoms with E-state index in [0.29, 0.717) is 16.0 Å². The number of hydrogen-bond acceptors (Lipinski definition) is 5. The fraction of sp³-hybridized carbons (Fsp3) is 0.333. The third kappa shape index (κ3) is 4.71. The minimum atomic E-state index is -4.22. The van der Waals surface area contributed by atoms with Crippen molar-refractivity contribution in [3.8, 4) is 0 Å². The van der Waals surface area contributed by atoms with Gasteiger partial charge >= 0.3 is 6.18 Å². The number of piperidine rings is 1. The Balaban J connectivity index is 1.24. The minimum Gasteiger partial charge on any atom is -0.367 e. The van der Waals surface area contributed by atoms with Crippen LogP contribution >= 0.6 is 11.3 Å². The van der Waals surface area contributed by atoms with Gasteiger partial charge in [-0.3, -0.25) is 4.90 Å². The van der Waals surface area contributed by atoms with Crippen LogP contribution in [0, 0.1) is 0 Å². The summed E-state index contributed by atoms with van der Waals surface area (Å²) in [5.41, 5.74) is 1.34. The maximum absolute atomic E-state index is 12.8. The molecule has 166 valence electrons. The molecule has 2 aromatic heterocycles. The summed E-state index contributed by atoms with van der Waals surface area (Å²) in [5.74, 6) is 0.632. The normalized spacial score (nSPS) is 16.1. The van der Waals surface area contributed by atoms with Crippen molar-refractivity contribution in [1.82, 2.24) is 14.9 Å². The Morgan fingerprint density at radius 1 is 1.00 bits per heavy atom. The molecule has 1 aliphatic heterocycles. The Labute approximate surface area is 188 Å². The van der Waals surface area contributed by atoms with E-state index >= 15 is 0 Å². The highest BCUT2D eigenvalue weighted by Gasteiger charge is 2.29. The quantitative estimate of drug-likeness (QED) is 0.398. The molecule has 0 bridgehead atoms. The van der Waals surface area contributed by atoms with E-state index in [2.05, 4.69) is 62.6 Å². The number of nitrogens with one attached hydrogen (secondary N) is 1. The second kappa shape index (κ2) is 8.67. The summed E-state index contributed by atoms with van der Waals surface area (Å²) in [7, 11) is 0. The first-order valence-electron chi connectivity index (χ1n) is 10.7. The molecule has 4 nitrogen and oxygen atoms in total. The molecule has 2 aromatic carbocycles. The number of rotatable bonds is 5. The van der Waals surface area contributed by atoms with Crippen molar-refractivity contribution in [2.45, 2.75) is 38.0 Å². The summed E-state index contributed by atoms with van der Waals surface area (Å²) >= 11 is 1.08. The molecule has 0 spiro atoms. The second-order valence-corrected chi connectivity index (χ2v) is 9.39. The van der Waals surface area contributed by atoms with E-state index in [1.807, 2.05) is 0 Å². The van der Waals surface area contributed by atoms with Crippen LogP contribution in [0.5, 0.6) is 0 Å². The fourth-order valence-corrected chi connectivity index (χ4v) is 5.43. The van der Waals surface area contributed by atoms with Gasteiger partial charge in [0.05, 0.1) is 11.8 Å². The lowest BCUT2D eigenvalue weighted by Crippen LogP contribution is -2.38. The van der Waals surface area contributed by atoms with Crippen LogP contribution in [0.2, 0.25) is 0 Å². The van der Waals surface area contributed by atoms with E-state index in [1.165, 1.54) is 22.7 Å². The molecule has 1 aliphatic rings. The van der Waals surface area contributed by atoms with E-state index < -0.39 is 12.6 Å². The van der Waals surface area contributed by atoms with Gasteiger partial charge in [0, 0.05) is 30.6 Å². The van der Waals surface area contributed by atoms with Crippen LogP contribution in [-0.2, 0) is 13.0 Å². The average molecular weight is 457 g/mol. The standard InChI is InChI=1S/C24H23F3N4S/c25-24(26,27)13-19-12-21-22(28-15-29-23(21)32-19)30-18-8-10-31(11-9-18)14-17-6-3-5-16-4-1-2-7-20(16)17/h1-7,12,15,18H,8-11,13-14H2,(H,28,29,30). The van der Waals surface area contributed by atoms with E-state index in [1.54, 1.807) is 6.07 Å². The Hall–Kier alpha value is -2.71. The number of likely N-dealkylation sites (tertiary alicyclic amines) is 1. The van der Waals surface area contributed by atoms with E-state index in [0.717, 1.165) is 43.8 Å². The Morgan fingerprint density at radius 3 is 2.59 bits per heavy atom. The Morgan fingerprint density at radius 2 is 1.78 bits per heavy atom. The Bertz CT molecular complexity index is 1220. The highest BCUT2D eigenvalue weighted by atomic mass is 32.1. The molecule has 0 aliphatic carbocycles. The van der Waals surface area contributed by atoms with Crippen LogP contribution in [0.3, 0.4) is 0 Å². The van der Waals surface area contributed by atoms with Gasteiger partial charge in [-0.2, -0.15) is 13.2 Å². The number of aromatic nitrogens is 2. The zero-order valence-electron chi connectivity index (χ0n) is 17.4.